The summed E-state index contributed by atoms with van der Waals surface area (Å²) >= 11 is 0. The topological polar surface area (TPSA) is 34.9 Å². The van der Waals surface area contributed by atoms with Gasteiger partial charge >= 0.3 is 0 Å². The number of aromatic nitrogens is 2. The van der Waals surface area contributed by atoms with Crippen molar-refractivity contribution in [1.29, 1.82) is 0 Å². The first-order valence-corrected chi connectivity index (χ1v) is 8.10. The fourth-order valence-corrected chi connectivity index (χ4v) is 3.33. The highest BCUT2D eigenvalue weighted by atomic mass is 16.1. The molecule has 118 valence electrons. The van der Waals surface area contributed by atoms with Crippen LogP contribution in [-0.2, 0) is 6.42 Å². The highest BCUT2D eigenvalue weighted by Crippen LogP contribution is 2.29. The molecular weight excluding hydrogens is 296 g/mol. The van der Waals surface area contributed by atoms with Crippen LogP contribution in [0, 0.1) is 13.8 Å². The molecule has 1 aliphatic carbocycles. The Labute approximate surface area is 141 Å². The molecule has 3 aromatic rings. The molecule has 1 aromatic heterocycles. The molecule has 0 amide bonds. The number of ketones is 1. The molecule has 3 nitrogen and oxygen atoms in total. The second kappa shape index (κ2) is 5.60. The van der Waals surface area contributed by atoms with Crippen molar-refractivity contribution in [3.63, 3.8) is 0 Å². The molecule has 0 saturated carbocycles. The Hall–Kier alpha value is -2.94. The van der Waals surface area contributed by atoms with Gasteiger partial charge in [0.15, 0.2) is 5.78 Å². The van der Waals surface area contributed by atoms with Gasteiger partial charge in [-0.15, -0.1) is 0 Å². The van der Waals surface area contributed by atoms with E-state index in [-0.39, 0.29) is 5.78 Å². The normalized spacial score (nSPS) is 15.1. The number of carbonyl (C=O) groups excluding carboxylic acids is 1. The van der Waals surface area contributed by atoms with E-state index >= 15 is 0 Å². The molecular formula is C21H18N2O. The van der Waals surface area contributed by atoms with Crippen LogP contribution in [0.3, 0.4) is 0 Å². The van der Waals surface area contributed by atoms with Gasteiger partial charge in [0, 0.05) is 28.8 Å². The lowest BCUT2D eigenvalue weighted by Crippen LogP contribution is -1.99. The van der Waals surface area contributed by atoms with Crippen LogP contribution in [0.15, 0.2) is 60.2 Å². The molecule has 0 radical (unpaired) electrons. The van der Waals surface area contributed by atoms with Gasteiger partial charge in [-0.1, -0.05) is 42.5 Å². The molecule has 0 unspecified atom stereocenters. The van der Waals surface area contributed by atoms with E-state index in [0.29, 0.717) is 6.42 Å². The number of hydrogen-bond donors (Lipinski definition) is 0. The number of allylic oxidation sites excluding steroid dienone is 1. The summed E-state index contributed by atoms with van der Waals surface area (Å²) in [7, 11) is 0. The molecule has 0 bridgehead atoms. The Morgan fingerprint density at radius 2 is 1.71 bits per heavy atom. The summed E-state index contributed by atoms with van der Waals surface area (Å²) in [4.78, 5) is 12.6. The van der Waals surface area contributed by atoms with Crippen molar-refractivity contribution in [2.24, 2.45) is 0 Å². The molecule has 0 N–H and O–H groups in total. The van der Waals surface area contributed by atoms with Crippen molar-refractivity contribution >= 4 is 11.9 Å². The summed E-state index contributed by atoms with van der Waals surface area (Å²) in [6.07, 6.45) is 2.71. The van der Waals surface area contributed by atoms with Crippen LogP contribution in [-0.4, -0.2) is 15.6 Å². The Balaban J connectivity index is 1.77. The molecule has 0 fully saturated rings. The maximum Gasteiger partial charge on any atom is 0.189 e. The lowest BCUT2D eigenvalue weighted by Gasteiger charge is -2.04. The standard InChI is InChI=1S/C21H18N2O/c1-14-20(15(2)23(22-14)18-9-4-3-5-10-18)13-17-12-16-8-6-7-11-19(16)21(17)24/h3-11,13H,12H2,1-2H3. The predicted molar refractivity (Wildman–Crippen MR) is 95.5 cm³/mol. The third-order valence-corrected chi connectivity index (χ3v) is 4.60. The number of nitrogens with zero attached hydrogens (tertiary/aromatic N) is 2. The van der Waals surface area contributed by atoms with Crippen LogP contribution in [0.4, 0.5) is 0 Å². The van der Waals surface area contributed by atoms with E-state index in [1.807, 2.05) is 79.2 Å². The Morgan fingerprint density at radius 1 is 1.00 bits per heavy atom. The Morgan fingerprint density at radius 3 is 2.46 bits per heavy atom. The summed E-state index contributed by atoms with van der Waals surface area (Å²) in [5.41, 5.74) is 6.84. The number of fused-ring (bicyclic) bond motifs is 1. The van der Waals surface area contributed by atoms with Crippen LogP contribution >= 0.6 is 0 Å². The van der Waals surface area contributed by atoms with Crippen LogP contribution in [0.2, 0.25) is 0 Å². The highest BCUT2D eigenvalue weighted by Gasteiger charge is 2.25. The summed E-state index contributed by atoms with van der Waals surface area (Å²) in [6.45, 7) is 4.04. The lowest BCUT2D eigenvalue weighted by atomic mass is 10.1. The zero-order valence-corrected chi connectivity index (χ0v) is 13.8. The first kappa shape index (κ1) is 14.6. The van der Waals surface area contributed by atoms with E-state index in [0.717, 1.165) is 39.3 Å². The predicted octanol–water partition coefficient (Wildman–Crippen LogP) is 4.31. The van der Waals surface area contributed by atoms with Crippen molar-refractivity contribution in [2.45, 2.75) is 20.3 Å². The van der Waals surface area contributed by atoms with Crippen molar-refractivity contribution in [3.8, 4) is 5.69 Å². The van der Waals surface area contributed by atoms with Gasteiger partial charge < -0.3 is 0 Å². The van der Waals surface area contributed by atoms with Crippen LogP contribution in [0.25, 0.3) is 11.8 Å². The van der Waals surface area contributed by atoms with E-state index in [1.165, 1.54) is 0 Å². The zero-order chi connectivity index (χ0) is 16.7. The Bertz CT molecular complexity index is 965. The quantitative estimate of drug-likeness (QED) is 0.661. The van der Waals surface area contributed by atoms with Crippen molar-refractivity contribution in [2.75, 3.05) is 0 Å². The first-order chi connectivity index (χ1) is 11.6. The van der Waals surface area contributed by atoms with E-state index in [9.17, 15) is 4.79 Å². The van der Waals surface area contributed by atoms with Crippen molar-refractivity contribution in [1.82, 2.24) is 9.78 Å². The van der Waals surface area contributed by atoms with E-state index in [1.54, 1.807) is 0 Å². The van der Waals surface area contributed by atoms with Gasteiger partial charge in [0.2, 0.25) is 0 Å². The van der Waals surface area contributed by atoms with Crippen LogP contribution in [0.5, 0.6) is 0 Å². The fraction of sp³-hybridized carbons (Fsp3) is 0.143. The minimum Gasteiger partial charge on any atom is -0.289 e. The second-order valence-electron chi connectivity index (χ2n) is 6.16. The second-order valence-corrected chi connectivity index (χ2v) is 6.16. The average molecular weight is 314 g/mol. The monoisotopic (exact) mass is 314 g/mol. The van der Waals surface area contributed by atoms with E-state index < -0.39 is 0 Å². The lowest BCUT2D eigenvalue weighted by molar-refractivity contribution is 0.104. The summed E-state index contributed by atoms with van der Waals surface area (Å²) in [5.74, 6) is 0.136. The largest absolute Gasteiger partial charge is 0.289 e. The third-order valence-electron chi connectivity index (χ3n) is 4.60. The third kappa shape index (κ3) is 2.29. The van der Waals surface area contributed by atoms with Gasteiger partial charge in [0.1, 0.15) is 0 Å². The molecule has 1 heterocycles. The zero-order valence-electron chi connectivity index (χ0n) is 13.8. The molecule has 24 heavy (non-hydrogen) atoms. The number of hydrogen-bond acceptors (Lipinski definition) is 2. The van der Waals surface area contributed by atoms with E-state index in [2.05, 4.69) is 5.10 Å². The van der Waals surface area contributed by atoms with Gasteiger partial charge in [0.05, 0.1) is 11.4 Å². The molecule has 0 saturated heterocycles. The summed E-state index contributed by atoms with van der Waals surface area (Å²) in [5, 5.41) is 4.66. The van der Waals surface area contributed by atoms with Crippen molar-refractivity contribution in [3.05, 3.63) is 88.2 Å². The van der Waals surface area contributed by atoms with Crippen molar-refractivity contribution < 1.29 is 4.79 Å². The van der Waals surface area contributed by atoms with Gasteiger partial charge in [0.25, 0.3) is 0 Å². The first-order valence-electron chi connectivity index (χ1n) is 8.10. The van der Waals surface area contributed by atoms with Gasteiger partial charge in [-0.2, -0.15) is 5.10 Å². The van der Waals surface area contributed by atoms with Gasteiger partial charge in [-0.05, 0) is 37.6 Å². The Kier molecular flexibility index (Phi) is 3.42. The molecule has 0 atom stereocenters. The van der Waals surface area contributed by atoms with Gasteiger partial charge in [-0.3, -0.25) is 4.79 Å². The molecule has 0 spiro atoms. The smallest absolute Gasteiger partial charge is 0.189 e. The summed E-state index contributed by atoms with van der Waals surface area (Å²) in [6, 6.07) is 17.9. The fourth-order valence-electron chi connectivity index (χ4n) is 3.33. The number of Topliss-reactive ketones (excluding diaryl/α,β-unsaturated/α-hetero) is 1. The number of aryl methyl sites for hydroxylation is 1. The molecule has 3 heteroatoms. The average Bonchev–Trinajstić information content (AvgIpc) is 3.08. The summed E-state index contributed by atoms with van der Waals surface area (Å²) < 4.78 is 1.94. The van der Waals surface area contributed by atoms with Crippen LogP contribution < -0.4 is 0 Å². The van der Waals surface area contributed by atoms with Crippen LogP contribution in [0.1, 0.15) is 32.9 Å². The molecule has 0 aliphatic heterocycles. The number of para-hydroxylation sites is 1. The molecule has 4 rings (SSSR count). The van der Waals surface area contributed by atoms with E-state index in [4.69, 9.17) is 0 Å². The molecule has 1 aliphatic rings. The number of rotatable bonds is 2. The SMILES string of the molecule is Cc1nn(-c2ccccc2)c(C)c1C=C1Cc2ccccc2C1=O. The molecule has 2 aromatic carbocycles. The maximum atomic E-state index is 12.6. The minimum atomic E-state index is 0.136. The maximum absolute atomic E-state index is 12.6. The van der Waals surface area contributed by atoms with Gasteiger partial charge in [-0.25, -0.2) is 4.68 Å². The number of benzene rings is 2. The minimum absolute atomic E-state index is 0.136. The highest BCUT2D eigenvalue weighted by molar-refractivity contribution is 6.15. The number of carbonyl (C=O) groups is 1.